The van der Waals surface area contributed by atoms with E-state index in [1.165, 1.54) is 12.1 Å². The van der Waals surface area contributed by atoms with Crippen LogP contribution in [0.15, 0.2) is 46.7 Å². The molecule has 1 amide bonds. The minimum atomic E-state index is -4.43. The molecule has 0 atom stereocenters. The van der Waals surface area contributed by atoms with Crippen molar-refractivity contribution in [1.29, 1.82) is 0 Å². The number of aromatic nitrogens is 1. The van der Waals surface area contributed by atoms with Crippen molar-refractivity contribution in [1.82, 2.24) is 14.8 Å². The molecule has 3 aliphatic heterocycles. The highest BCUT2D eigenvalue weighted by Crippen LogP contribution is 2.29. The van der Waals surface area contributed by atoms with Crippen molar-refractivity contribution in [3.8, 4) is 0 Å². The number of pyridine rings is 1. The van der Waals surface area contributed by atoms with Crippen LogP contribution >= 0.6 is 0 Å². The first kappa shape index (κ1) is 21.3. The SMILES string of the molecule is O=C(C1=CN2CCS(=O)(=O)N=C2C=C1)N1CCCN(c2ccc(C(F)(F)F)cn2)CC1. The summed E-state index contributed by atoms with van der Waals surface area (Å²) in [6, 6.07) is 2.35. The molecule has 31 heavy (non-hydrogen) atoms. The van der Waals surface area contributed by atoms with Crippen molar-refractivity contribution in [2.75, 3.05) is 43.4 Å². The Bertz CT molecular complexity index is 1060. The van der Waals surface area contributed by atoms with E-state index >= 15 is 0 Å². The lowest BCUT2D eigenvalue weighted by Crippen LogP contribution is -2.40. The van der Waals surface area contributed by atoms with E-state index in [1.807, 2.05) is 4.90 Å². The Morgan fingerprint density at radius 1 is 1.03 bits per heavy atom. The van der Waals surface area contributed by atoms with Gasteiger partial charge in [0.2, 0.25) is 0 Å². The molecule has 0 aliphatic carbocycles. The molecule has 0 N–H and O–H groups in total. The fourth-order valence-electron chi connectivity index (χ4n) is 3.60. The summed E-state index contributed by atoms with van der Waals surface area (Å²) in [6.45, 7) is 2.13. The molecule has 0 spiro atoms. The molecule has 1 saturated heterocycles. The molecule has 4 heterocycles. The number of carbonyl (C=O) groups is 1. The van der Waals surface area contributed by atoms with Crippen molar-refractivity contribution >= 4 is 27.6 Å². The van der Waals surface area contributed by atoms with E-state index in [9.17, 15) is 26.4 Å². The number of sulfonamides is 1. The standard InChI is InChI=1S/C19H20F3N5O3S/c20-19(21,22)15-3-5-16(23-12-15)25-6-1-7-26(9-8-25)18(28)14-2-4-17-24-31(29,30)11-10-27(17)13-14/h2-5,12-13H,1,6-11H2. The van der Waals surface area contributed by atoms with Gasteiger partial charge in [0.1, 0.15) is 11.7 Å². The van der Waals surface area contributed by atoms with Crippen molar-refractivity contribution in [3.05, 3.63) is 47.8 Å². The van der Waals surface area contributed by atoms with Crippen molar-refractivity contribution in [2.24, 2.45) is 4.40 Å². The third kappa shape index (κ3) is 4.73. The van der Waals surface area contributed by atoms with E-state index in [0.29, 0.717) is 49.8 Å². The maximum Gasteiger partial charge on any atom is 0.417 e. The smallest absolute Gasteiger partial charge is 0.355 e. The lowest BCUT2D eigenvalue weighted by atomic mass is 10.1. The Balaban J connectivity index is 1.42. The minimum Gasteiger partial charge on any atom is -0.355 e. The van der Waals surface area contributed by atoms with Gasteiger partial charge in [-0.25, -0.2) is 13.4 Å². The Morgan fingerprint density at radius 3 is 2.55 bits per heavy atom. The normalized spacial score (nSPS) is 21.2. The summed E-state index contributed by atoms with van der Waals surface area (Å²) in [4.78, 5) is 22.1. The second kappa shape index (κ2) is 7.98. The maximum absolute atomic E-state index is 13.0. The lowest BCUT2D eigenvalue weighted by molar-refractivity contribution is -0.137. The Kier molecular flexibility index (Phi) is 5.50. The van der Waals surface area contributed by atoms with Crippen LogP contribution in [0, 0.1) is 0 Å². The largest absolute Gasteiger partial charge is 0.417 e. The Hall–Kier alpha value is -2.89. The fraction of sp³-hybridized carbons (Fsp3) is 0.421. The zero-order valence-electron chi connectivity index (χ0n) is 16.4. The van der Waals surface area contributed by atoms with E-state index in [1.54, 1.807) is 22.1 Å². The first-order chi connectivity index (χ1) is 14.6. The van der Waals surface area contributed by atoms with Crippen LogP contribution in [0.5, 0.6) is 0 Å². The van der Waals surface area contributed by atoms with E-state index < -0.39 is 21.8 Å². The number of fused-ring (bicyclic) bond motifs is 1. The van der Waals surface area contributed by atoms with Crippen molar-refractivity contribution in [2.45, 2.75) is 12.6 Å². The van der Waals surface area contributed by atoms with E-state index in [0.717, 1.165) is 12.3 Å². The van der Waals surface area contributed by atoms with Crippen molar-refractivity contribution < 1.29 is 26.4 Å². The monoisotopic (exact) mass is 455 g/mol. The molecule has 1 aromatic heterocycles. The molecule has 8 nitrogen and oxygen atoms in total. The van der Waals surface area contributed by atoms with Gasteiger partial charge in [0.25, 0.3) is 15.9 Å². The van der Waals surface area contributed by atoms with Gasteiger partial charge in [0, 0.05) is 45.1 Å². The number of hydrogen-bond donors (Lipinski definition) is 0. The summed E-state index contributed by atoms with van der Waals surface area (Å²) < 4.78 is 65.1. The Labute approximate surface area is 177 Å². The number of hydrogen-bond acceptors (Lipinski definition) is 6. The summed E-state index contributed by atoms with van der Waals surface area (Å²) in [5.74, 6) is 0.430. The van der Waals surface area contributed by atoms with Gasteiger partial charge in [-0.15, -0.1) is 4.40 Å². The lowest BCUT2D eigenvalue weighted by Gasteiger charge is -2.29. The highest BCUT2D eigenvalue weighted by atomic mass is 32.2. The van der Waals surface area contributed by atoms with Crippen LogP contribution in [0.2, 0.25) is 0 Å². The highest BCUT2D eigenvalue weighted by Gasteiger charge is 2.31. The zero-order valence-corrected chi connectivity index (χ0v) is 17.2. The number of amides is 1. The predicted octanol–water partition coefficient (Wildman–Crippen LogP) is 1.64. The summed E-state index contributed by atoms with van der Waals surface area (Å²) >= 11 is 0. The Morgan fingerprint density at radius 2 is 1.84 bits per heavy atom. The van der Waals surface area contributed by atoms with Crippen molar-refractivity contribution in [3.63, 3.8) is 0 Å². The molecular formula is C19H20F3N5O3S. The number of rotatable bonds is 2. The second-order valence-corrected chi connectivity index (χ2v) is 9.14. The van der Waals surface area contributed by atoms with Crippen LogP contribution in [0.3, 0.4) is 0 Å². The fourth-order valence-corrected chi connectivity index (χ4v) is 4.57. The molecule has 4 rings (SSSR count). The van der Waals surface area contributed by atoms with E-state index in [-0.39, 0.29) is 18.2 Å². The molecule has 1 fully saturated rings. The number of amidine groups is 1. The summed E-state index contributed by atoms with van der Waals surface area (Å²) in [5, 5.41) is 0. The van der Waals surface area contributed by atoms with Gasteiger partial charge in [-0.05, 0) is 30.7 Å². The van der Waals surface area contributed by atoms with Crippen LogP contribution in [0.25, 0.3) is 0 Å². The number of alkyl halides is 3. The quantitative estimate of drug-likeness (QED) is 0.674. The van der Waals surface area contributed by atoms with Gasteiger partial charge in [0.05, 0.1) is 16.9 Å². The van der Waals surface area contributed by atoms with Crippen LogP contribution < -0.4 is 4.90 Å². The first-order valence-electron chi connectivity index (χ1n) is 9.69. The average Bonchev–Trinajstić information content (AvgIpc) is 2.98. The zero-order chi connectivity index (χ0) is 22.2. The van der Waals surface area contributed by atoms with Gasteiger partial charge in [-0.1, -0.05) is 0 Å². The number of anilines is 1. The molecule has 1 aromatic rings. The molecule has 0 aromatic carbocycles. The van der Waals surface area contributed by atoms with Crippen LogP contribution in [0.1, 0.15) is 12.0 Å². The topological polar surface area (TPSA) is 86.2 Å². The molecular weight excluding hydrogens is 435 g/mol. The maximum atomic E-state index is 13.0. The number of nitrogens with zero attached hydrogens (tertiary/aromatic N) is 5. The molecule has 0 saturated carbocycles. The predicted molar refractivity (Wildman–Crippen MR) is 108 cm³/mol. The highest BCUT2D eigenvalue weighted by molar-refractivity contribution is 7.90. The first-order valence-corrected chi connectivity index (χ1v) is 11.3. The van der Waals surface area contributed by atoms with Crippen LogP contribution in [-0.2, 0) is 21.0 Å². The van der Waals surface area contributed by atoms with Gasteiger partial charge in [-0.2, -0.15) is 13.2 Å². The minimum absolute atomic E-state index is 0.110. The molecule has 12 heteroatoms. The number of halogens is 3. The van der Waals surface area contributed by atoms with Crippen LogP contribution in [-0.4, -0.2) is 73.4 Å². The second-order valence-electron chi connectivity index (χ2n) is 7.38. The van der Waals surface area contributed by atoms with Gasteiger partial charge >= 0.3 is 6.18 Å². The third-order valence-electron chi connectivity index (χ3n) is 5.25. The van der Waals surface area contributed by atoms with Gasteiger partial charge < -0.3 is 14.7 Å². The van der Waals surface area contributed by atoms with Gasteiger partial charge in [0.15, 0.2) is 0 Å². The summed E-state index contributed by atoms with van der Waals surface area (Å²) in [5.41, 5.74) is -0.369. The van der Waals surface area contributed by atoms with Crippen LogP contribution in [0.4, 0.5) is 19.0 Å². The third-order valence-corrected chi connectivity index (χ3v) is 6.42. The average molecular weight is 455 g/mol. The van der Waals surface area contributed by atoms with E-state index in [2.05, 4.69) is 9.38 Å². The molecule has 0 bridgehead atoms. The molecule has 0 unspecified atom stereocenters. The molecule has 3 aliphatic rings. The summed E-state index contributed by atoms with van der Waals surface area (Å²) in [6.07, 6.45) is 1.70. The van der Waals surface area contributed by atoms with E-state index in [4.69, 9.17) is 0 Å². The molecule has 0 radical (unpaired) electrons. The number of carbonyl (C=O) groups excluding carboxylic acids is 1. The molecule has 166 valence electrons. The summed E-state index contributed by atoms with van der Waals surface area (Å²) in [7, 11) is -3.46. The van der Waals surface area contributed by atoms with Gasteiger partial charge in [-0.3, -0.25) is 4.79 Å².